The number of carbonyl (C=O) groups excluding carboxylic acids is 1. The highest BCUT2D eigenvalue weighted by Crippen LogP contribution is 2.28. The molecule has 0 saturated carbocycles. The number of likely N-dealkylation sites (tertiary alicyclic amines) is 1. The number of amides is 2. The fourth-order valence-electron chi connectivity index (χ4n) is 2.85. The molecule has 0 aliphatic carbocycles. The van der Waals surface area contributed by atoms with E-state index in [1.165, 1.54) is 12.0 Å². The van der Waals surface area contributed by atoms with Gasteiger partial charge in [-0.3, -0.25) is 0 Å². The summed E-state index contributed by atoms with van der Waals surface area (Å²) in [6, 6.07) is 8.32. The predicted octanol–water partition coefficient (Wildman–Crippen LogP) is 3.62. The molecule has 1 atom stereocenters. The summed E-state index contributed by atoms with van der Waals surface area (Å²) in [5.41, 5.74) is 2.26. The third-order valence-electron chi connectivity index (χ3n) is 4.26. The second kappa shape index (κ2) is 6.48. The Balaban J connectivity index is 2.02. The molecule has 0 aromatic heterocycles. The molecule has 116 valence electrons. The molecule has 1 aromatic rings. The third kappa shape index (κ3) is 4.21. The average molecular weight is 289 g/mol. The van der Waals surface area contributed by atoms with E-state index in [-0.39, 0.29) is 17.5 Å². The molecule has 1 saturated heterocycles. The van der Waals surface area contributed by atoms with E-state index in [1.807, 2.05) is 30.1 Å². The molecular formula is C17H27N3O. The largest absolute Gasteiger partial charge is 0.324 e. The summed E-state index contributed by atoms with van der Waals surface area (Å²) in [4.78, 5) is 14.3. The first-order valence-corrected chi connectivity index (χ1v) is 7.74. The van der Waals surface area contributed by atoms with Gasteiger partial charge in [-0.25, -0.2) is 4.79 Å². The number of nitrogens with zero attached hydrogens (tertiary/aromatic N) is 1. The lowest BCUT2D eigenvalue weighted by Crippen LogP contribution is -2.45. The summed E-state index contributed by atoms with van der Waals surface area (Å²) in [6.45, 7) is 8.23. The van der Waals surface area contributed by atoms with Gasteiger partial charge in [0.05, 0.1) is 0 Å². The van der Waals surface area contributed by atoms with Gasteiger partial charge in [-0.1, -0.05) is 26.0 Å². The number of piperidine rings is 1. The monoisotopic (exact) mass is 289 g/mol. The standard InChI is InChI=1S/C17H27N3O/c1-13(18-4)14-7-5-8-15(11-14)19-16(21)20-10-6-9-17(2,3)12-20/h5,7-8,11,13,18H,6,9-10,12H2,1-4H3,(H,19,21). The fourth-order valence-corrected chi connectivity index (χ4v) is 2.85. The van der Waals surface area contributed by atoms with Crippen molar-refractivity contribution in [2.24, 2.45) is 5.41 Å². The Morgan fingerprint density at radius 3 is 2.81 bits per heavy atom. The molecule has 2 rings (SSSR count). The van der Waals surface area contributed by atoms with Crippen molar-refractivity contribution in [2.75, 3.05) is 25.5 Å². The quantitative estimate of drug-likeness (QED) is 0.892. The molecule has 0 radical (unpaired) electrons. The van der Waals surface area contributed by atoms with Crippen LogP contribution in [0, 0.1) is 5.41 Å². The van der Waals surface area contributed by atoms with E-state index in [0.717, 1.165) is 25.2 Å². The van der Waals surface area contributed by atoms with E-state index < -0.39 is 0 Å². The Kier molecular flexibility index (Phi) is 4.88. The lowest BCUT2D eigenvalue weighted by molar-refractivity contribution is 0.138. The van der Waals surface area contributed by atoms with Crippen LogP contribution >= 0.6 is 0 Å². The van der Waals surface area contributed by atoms with Crippen molar-refractivity contribution >= 4 is 11.7 Å². The van der Waals surface area contributed by atoms with Gasteiger partial charge in [-0.15, -0.1) is 0 Å². The zero-order valence-corrected chi connectivity index (χ0v) is 13.6. The minimum absolute atomic E-state index is 0.0111. The van der Waals surface area contributed by atoms with Crippen LogP contribution in [0.25, 0.3) is 0 Å². The Morgan fingerprint density at radius 1 is 1.38 bits per heavy atom. The maximum absolute atomic E-state index is 12.4. The van der Waals surface area contributed by atoms with Crippen LogP contribution in [0.1, 0.15) is 45.2 Å². The number of benzene rings is 1. The highest BCUT2D eigenvalue weighted by atomic mass is 16.2. The molecule has 1 fully saturated rings. The van der Waals surface area contributed by atoms with Crippen molar-refractivity contribution in [3.05, 3.63) is 29.8 Å². The van der Waals surface area contributed by atoms with Crippen molar-refractivity contribution in [3.63, 3.8) is 0 Å². The fraction of sp³-hybridized carbons (Fsp3) is 0.588. The highest BCUT2D eigenvalue weighted by molar-refractivity contribution is 5.89. The van der Waals surface area contributed by atoms with Crippen LogP contribution in [0.5, 0.6) is 0 Å². The summed E-state index contributed by atoms with van der Waals surface area (Å²) in [5.74, 6) is 0. The van der Waals surface area contributed by atoms with Gasteiger partial charge in [0.25, 0.3) is 0 Å². The molecule has 2 N–H and O–H groups in total. The zero-order valence-electron chi connectivity index (χ0n) is 13.6. The van der Waals surface area contributed by atoms with E-state index >= 15 is 0 Å². The zero-order chi connectivity index (χ0) is 15.5. The van der Waals surface area contributed by atoms with E-state index in [2.05, 4.69) is 37.5 Å². The summed E-state index contributed by atoms with van der Waals surface area (Å²) < 4.78 is 0. The second-order valence-corrected chi connectivity index (χ2v) is 6.76. The molecule has 0 bridgehead atoms. The van der Waals surface area contributed by atoms with E-state index in [0.29, 0.717) is 0 Å². The van der Waals surface area contributed by atoms with Crippen molar-refractivity contribution < 1.29 is 4.79 Å². The first kappa shape index (κ1) is 15.8. The second-order valence-electron chi connectivity index (χ2n) is 6.76. The Labute approximate surface area is 127 Å². The first-order valence-electron chi connectivity index (χ1n) is 7.74. The minimum Gasteiger partial charge on any atom is -0.324 e. The van der Waals surface area contributed by atoms with Crippen LogP contribution in [-0.4, -0.2) is 31.1 Å². The number of nitrogens with one attached hydrogen (secondary N) is 2. The van der Waals surface area contributed by atoms with Crippen LogP contribution in [0.4, 0.5) is 10.5 Å². The smallest absolute Gasteiger partial charge is 0.321 e. The van der Waals surface area contributed by atoms with Gasteiger partial charge < -0.3 is 15.5 Å². The topological polar surface area (TPSA) is 44.4 Å². The van der Waals surface area contributed by atoms with Crippen LogP contribution in [-0.2, 0) is 0 Å². The summed E-state index contributed by atoms with van der Waals surface area (Å²) in [7, 11) is 1.94. The molecule has 1 aliphatic heterocycles. The predicted molar refractivity (Wildman–Crippen MR) is 87.5 cm³/mol. The van der Waals surface area contributed by atoms with Crippen LogP contribution in [0.2, 0.25) is 0 Å². The summed E-state index contributed by atoms with van der Waals surface area (Å²) in [5, 5.41) is 6.24. The van der Waals surface area contributed by atoms with E-state index in [4.69, 9.17) is 0 Å². The van der Waals surface area contributed by atoms with Crippen molar-refractivity contribution in [2.45, 2.75) is 39.7 Å². The minimum atomic E-state index is 0.0111. The van der Waals surface area contributed by atoms with Crippen molar-refractivity contribution in [3.8, 4) is 0 Å². The molecule has 1 heterocycles. The lowest BCUT2D eigenvalue weighted by Gasteiger charge is -2.37. The molecule has 1 aromatic carbocycles. The molecule has 1 aliphatic rings. The van der Waals surface area contributed by atoms with Gasteiger partial charge in [0.15, 0.2) is 0 Å². The van der Waals surface area contributed by atoms with E-state index in [1.54, 1.807) is 0 Å². The number of anilines is 1. The van der Waals surface area contributed by atoms with Crippen LogP contribution in [0.15, 0.2) is 24.3 Å². The van der Waals surface area contributed by atoms with Gasteiger partial charge in [-0.2, -0.15) is 0 Å². The van der Waals surface area contributed by atoms with Crippen molar-refractivity contribution in [1.82, 2.24) is 10.2 Å². The van der Waals surface area contributed by atoms with Crippen LogP contribution < -0.4 is 10.6 Å². The Morgan fingerprint density at radius 2 is 2.14 bits per heavy atom. The third-order valence-corrected chi connectivity index (χ3v) is 4.26. The molecule has 4 nitrogen and oxygen atoms in total. The van der Waals surface area contributed by atoms with Crippen molar-refractivity contribution in [1.29, 1.82) is 0 Å². The van der Waals surface area contributed by atoms with Crippen LogP contribution in [0.3, 0.4) is 0 Å². The molecule has 2 amide bonds. The SMILES string of the molecule is CNC(C)c1cccc(NC(=O)N2CCCC(C)(C)C2)c1. The van der Waals surface area contributed by atoms with Gasteiger partial charge in [0, 0.05) is 24.8 Å². The number of hydrogen-bond donors (Lipinski definition) is 2. The maximum Gasteiger partial charge on any atom is 0.321 e. The average Bonchev–Trinajstić information content (AvgIpc) is 2.45. The Bertz CT molecular complexity index is 499. The number of urea groups is 1. The van der Waals surface area contributed by atoms with Gasteiger partial charge in [0.2, 0.25) is 0 Å². The lowest BCUT2D eigenvalue weighted by atomic mass is 9.84. The van der Waals surface area contributed by atoms with E-state index in [9.17, 15) is 4.79 Å². The molecular weight excluding hydrogens is 262 g/mol. The number of rotatable bonds is 3. The molecule has 1 unspecified atom stereocenters. The maximum atomic E-state index is 12.4. The summed E-state index contributed by atoms with van der Waals surface area (Å²) >= 11 is 0. The molecule has 4 heteroatoms. The molecule has 0 spiro atoms. The molecule has 21 heavy (non-hydrogen) atoms. The Hall–Kier alpha value is -1.55. The highest BCUT2D eigenvalue weighted by Gasteiger charge is 2.29. The first-order chi connectivity index (χ1) is 9.91. The summed E-state index contributed by atoms with van der Waals surface area (Å²) in [6.07, 6.45) is 2.27. The van der Waals surface area contributed by atoms with Gasteiger partial charge in [-0.05, 0) is 49.9 Å². The normalized spacial score (nSPS) is 19.1. The van der Waals surface area contributed by atoms with Gasteiger partial charge >= 0.3 is 6.03 Å². The number of hydrogen-bond acceptors (Lipinski definition) is 2. The number of carbonyl (C=O) groups is 1. The van der Waals surface area contributed by atoms with Gasteiger partial charge in [0.1, 0.15) is 0 Å².